The van der Waals surface area contributed by atoms with Crippen LogP contribution in [-0.4, -0.2) is 28.6 Å². The fraction of sp³-hybridized carbons (Fsp3) is 0.536. The molecule has 0 unspecified atom stereocenters. The van der Waals surface area contributed by atoms with Crippen LogP contribution in [-0.2, 0) is 18.0 Å². The van der Waals surface area contributed by atoms with E-state index in [2.05, 4.69) is 4.90 Å². The van der Waals surface area contributed by atoms with Crippen LogP contribution in [0, 0.1) is 17.7 Å². The van der Waals surface area contributed by atoms with Crippen LogP contribution in [0.4, 0.5) is 8.78 Å². The van der Waals surface area contributed by atoms with Crippen molar-refractivity contribution in [1.29, 1.82) is 0 Å². The third kappa shape index (κ3) is 6.41. The van der Waals surface area contributed by atoms with Gasteiger partial charge in [-0.2, -0.15) is 0 Å². The van der Waals surface area contributed by atoms with E-state index in [-0.39, 0.29) is 30.1 Å². The molecular formula is C28H35F2NO2. The normalized spacial score (nSPS) is 23.8. The summed E-state index contributed by atoms with van der Waals surface area (Å²) in [6, 6.07) is 14.9. The van der Waals surface area contributed by atoms with Crippen molar-refractivity contribution in [3.63, 3.8) is 0 Å². The molecule has 33 heavy (non-hydrogen) atoms. The van der Waals surface area contributed by atoms with Gasteiger partial charge >= 0.3 is 5.97 Å². The van der Waals surface area contributed by atoms with E-state index >= 15 is 0 Å². The molecular weight excluding hydrogens is 420 g/mol. The first-order chi connectivity index (χ1) is 16.0. The molecule has 0 radical (unpaired) electrons. The molecule has 0 heterocycles. The number of carbonyl (C=O) groups is 1. The Balaban J connectivity index is 1.62. The van der Waals surface area contributed by atoms with E-state index in [1.807, 2.05) is 30.3 Å². The number of aliphatic carboxylic acids is 1. The molecule has 3 atom stereocenters. The number of benzene rings is 2. The van der Waals surface area contributed by atoms with Crippen LogP contribution in [0.3, 0.4) is 0 Å². The lowest BCUT2D eigenvalue weighted by molar-refractivity contribution is -0.138. The largest absolute Gasteiger partial charge is 0.481 e. The summed E-state index contributed by atoms with van der Waals surface area (Å²) in [5, 5.41) is 9.39. The predicted molar refractivity (Wildman–Crippen MR) is 126 cm³/mol. The summed E-state index contributed by atoms with van der Waals surface area (Å²) in [7, 11) is 0. The molecule has 0 saturated heterocycles. The number of nitrogens with zero attached hydrogens (tertiary/aromatic N) is 1. The van der Waals surface area contributed by atoms with E-state index in [1.165, 1.54) is 31.7 Å². The van der Waals surface area contributed by atoms with Crippen molar-refractivity contribution in [1.82, 2.24) is 4.90 Å². The highest BCUT2D eigenvalue weighted by atomic mass is 19.1. The molecule has 2 fully saturated rings. The first kappa shape index (κ1) is 23.9. The SMILES string of the molecule is O=C(O)C[C@@H]1CC[C@@H](N(Cc2cccc(F)c2)CC2CCCC2)[C@H](c2ccc(CF)cc2)C1. The molecule has 0 aromatic heterocycles. The number of carboxylic acids is 1. The lowest BCUT2D eigenvalue weighted by atomic mass is 9.72. The summed E-state index contributed by atoms with van der Waals surface area (Å²) in [6.45, 7) is 1.20. The maximum atomic E-state index is 13.9. The molecule has 178 valence electrons. The summed E-state index contributed by atoms with van der Waals surface area (Å²) in [6.07, 6.45) is 7.86. The third-order valence-corrected chi connectivity index (χ3v) is 7.66. The van der Waals surface area contributed by atoms with Crippen LogP contribution in [0.2, 0.25) is 0 Å². The topological polar surface area (TPSA) is 40.5 Å². The predicted octanol–water partition coefficient (Wildman–Crippen LogP) is 6.71. The summed E-state index contributed by atoms with van der Waals surface area (Å²) < 4.78 is 27.1. The van der Waals surface area contributed by atoms with Crippen LogP contribution in [0.5, 0.6) is 0 Å². The first-order valence-corrected chi connectivity index (χ1v) is 12.4. The minimum Gasteiger partial charge on any atom is -0.481 e. The second kappa shape index (κ2) is 11.2. The van der Waals surface area contributed by atoms with Crippen molar-refractivity contribution >= 4 is 5.97 Å². The smallest absolute Gasteiger partial charge is 0.303 e. The van der Waals surface area contributed by atoms with Gasteiger partial charge in [0.05, 0.1) is 0 Å². The zero-order valence-corrected chi connectivity index (χ0v) is 19.3. The Bertz CT molecular complexity index is 910. The minimum atomic E-state index is -0.743. The molecule has 1 N–H and O–H groups in total. The van der Waals surface area contributed by atoms with E-state index in [0.29, 0.717) is 18.0 Å². The molecule has 5 heteroatoms. The van der Waals surface area contributed by atoms with Gasteiger partial charge in [-0.25, -0.2) is 8.78 Å². The Labute approximate surface area is 195 Å². The van der Waals surface area contributed by atoms with Crippen molar-refractivity contribution in [2.24, 2.45) is 11.8 Å². The van der Waals surface area contributed by atoms with Gasteiger partial charge in [0.2, 0.25) is 0 Å². The molecule has 2 aliphatic carbocycles. The Kier molecular flexibility index (Phi) is 8.13. The molecule has 0 amide bonds. The molecule has 2 aromatic carbocycles. The van der Waals surface area contributed by atoms with E-state index < -0.39 is 12.6 Å². The standard InChI is InChI=1S/C28H35F2NO2/c29-17-20-8-11-24(12-9-20)26-15-22(16-28(32)33)10-13-27(26)31(18-21-4-1-2-5-21)19-23-6-3-7-25(30)14-23/h3,6-9,11-12,14,21-22,26-27H,1-2,4-5,10,13,15-19H2,(H,32,33)/t22-,26+,27-/m1/s1. The number of rotatable bonds is 9. The Morgan fingerprint density at radius 3 is 2.39 bits per heavy atom. The molecule has 4 rings (SSSR count). The Morgan fingerprint density at radius 2 is 1.73 bits per heavy atom. The van der Waals surface area contributed by atoms with Crippen LogP contribution >= 0.6 is 0 Å². The van der Waals surface area contributed by atoms with Gasteiger partial charge in [-0.15, -0.1) is 0 Å². The van der Waals surface area contributed by atoms with E-state index in [1.54, 1.807) is 12.1 Å². The van der Waals surface area contributed by atoms with E-state index in [0.717, 1.165) is 36.9 Å². The highest BCUT2D eigenvalue weighted by Gasteiger charge is 2.37. The Hall–Kier alpha value is -2.27. The van der Waals surface area contributed by atoms with Crippen LogP contribution in [0.1, 0.15) is 74.0 Å². The van der Waals surface area contributed by atoms with E-state index in [4.69, 9.17) is 0 Å². The van der Waals surface area contributed by atoms with Gasteiger partial charge in [-0.1, -0.05) is 49.2 Å². The van der Waals surface area contributed by atoms with Gasteiger partial charge in [-0.05, 0) is 78.7 Å². The van der Waals surface area contributed by atoms with Gasteiger partial charge in [0.25, 0.3) is 0 Å². The lowest BCUT2D eigenvalue weighted by Crippen LogP contribution is -2.44. The summed E-state index contributed by atoms with van der Waals surface area (Å²) in [4.78, 5) is 14.0. The Morgan fingerprint density at radius 1 is 0.970 bits per heavy atom. The highest BCUT2D eigenvalue weighted by molar-refractivity contribution is 5.67. The fourth-order valence-electron chi connectivity index (χ4n) is 6.03. The minimum absolute atomic E-state index is 0.145. The molecule has 2 aromatic rings. The van der Waals surface area contributed by atoms with Crippen molar-refractivity contribution in [2.45, 2.75) is 76.5 Å². The second-order valence-electron chi connectivity index (χ2n) is 10.0. The molecule has 3 nitrogen and oxygen atoms in total. The first-order valence-electron chi connectivity index (χ1n) is 12.4. The van der Waals surface area contributed by atoms with Gasteiger partial charge < -0.3 is 5.11 Å². The van der Waals surface area contributed by atoms with Crippen molar-refractivity contribution in [2.75, 3.05) is 6.54 Å². The average molecular weight is 456 g/mol. The fourth-order valence-corrected chi connectivity index (χ4v) is 6.03. The average Bonchev–Trinajstić information content (AvgIpc) is 3.31. The molecule has 2 aliphatic rings. The number of hydrogen-bond donors (Lipinski definition) is 1. The van der Waals surface area contributed by atoms with Crippen LogP contribution < -0.4 is 0 Å². The van der Waals surface area contributed by atoms with Gasteiger partial charge in [0.15, 0.2) is 0 Å². The summed E-state index contributed by atoms with van der Waals surface area (Å²) >= 11 is 0. The lowest BCUT2D eigenvalue weighted by Gasteiger charge is -2.44. The van der Waals surface area contributed by atoms with Crippen molar-refractivity contribution in [3.8, 4) is 0 Å². The summed E-state index contributed by atoms with van der Waals surface area (Å²) in [5.74, 6) is 0.0353. The zero-order chi connectivity index (χ0) is 23.2. The van der Waals surface area contributed by atoms with Gasteiger partial charge in [0, 0.05) is 25.6 Å². The van der Waals surface area contributed by atoms with Crippen molar-refractivity contribution < 1.29 is 18.7 Å². The molecule has 0 aliphatic heterocycles. The summed E-state index contributed by atoms with van der Waals surface area (Å²) in [5.41, 5.74) is 2.80. The maximum Gasteiger partial charge on any atom is 0.303 e. The number of hydrogen-bond acceptors (Lipinski definition) is 2. The number of carboxylic acid groups (broad SMARTS) is 1. The number of halogens is 2. The van der Waals surface area contributed by atoms with Gasteiger partial charge in [-0.3, -0.25) is 9.69 Å². The van der Waals surface area contributed by atoms with Crippen LogP contribution in [0.15, 0.2) is 48.5 Å². The van der Waals surface area contributed by atoms with Gasteiger partial charge in [0.1, 0.15) is 12.5 Å². The third-order valence-electron chi connectivity index (χ3n) is 7.66. The monoisotopic (exact) mass is 455 g/mol. The molecule has 0 bridgehead atoms. The number of alkyl halides is 1. The molecule has 0 spiro atoms. The van der Waals surface area contributed by atoms with Crippen molar-refractivity contribution in [3.05, 3.63) is 71.0 Å². The molecule has 2 saturated carbocycles. The zero-order valence-electron chi connectivity index (χ0n) is 19.3. The van der Waals surface area contributed by atoms with E-state index in [9.17, 15) is 18.7 Å². The quantitative estimate of drug-likeness (QED) is 0.457. The highest BCUT2D eigenvalue weighted by Crippen LogP contribution is 2.42. The maximum absolute atomic E-state index is 13.9. The van der Waals surface area contributed by atoms with Crippen LogP contribution in [0.25, 0.3) is 0 Å². The second-order valence-corrected chi connectivity index (χ2v) is 10.0.